The molecule has 100 valence electrons. The molecule has 1 saturated heterocycles. The summed E-state index contributed by atoms with van der Waals surface area (Å²) in [6, 6.07) is 0. The highest BCUT2D eigenvalue weighted by molar-refractivity contribution is 5.94. The van der Waals surface area contributed by atoms with Gasteiger partial charge in [0.25, 0.3) is 0 Å². The number of aliphatic carboxylic acids is 2. The lowest BCUT2D eigenvalue weighted by molar-refractivity contribution is -0.213. The van der Waals surface area contributed by atoms with Gasteiger partial charge in [0.05, 0.1) is 0 Å². The van der Waals surface area contributed by atoms with Crippen molar-refractivity contribution in [1.29, 1.82) is 0 Å². The molecule has 10 heteroatoms. The molecule has 0 spiro atoms. The van der Waals surface area contributed by atoms with Crippen LogP contribution in [-0.2, 0) is 28.7 Å². The lowest BCUT2D eigenvalue weighted by atomic mass is 10.1. The molecule has 0 unspecified atom stereocenters. The summed E-state index contributed by atoms with van der Waals surface area (Å²) in [4.78, 5) is 43.2. The van der Waals surface area contributed by atoms with Crippen LogP contribution in [0.25, 0.3) is 0 Å². The minimum absolute atomic E-state index is 1.46. The third-order valence-corrected chi connectivity index (χ3v) is 2.03. The van der Waals surface area contributed by atoms with Crippen molar-refractivity contribution < 1.29 is 49.1 Å². The average Bonchev–Trinajstić information content (AvgIpc) is 2.29. The van der Waals surface area contributed by atoms with E-state index in [0.29, 0.717) is 0 Å². The number of aliphatic hydroxyl groups excluding tert-OH is 2. The Labute approximate surface area is 98.3 Å². The highest BCUT2D eigenvalue weighted by Crippen LogP contribution is 2.16. The van der Waals surface area contributed by atoms with E-state index in [9.17, 15) is 19.2 Å². The number of aliphatic hydroxyl groups is 2. The normalized spacial score (nSPS) is 26.8. The van der Waals surface area contributed by atoms with Gasteiger partial charge in [-0.2, -0.15) is 0 Å². The Morgan fingerprint density at radius 3 is 1.39 bits per heavy atom. The molecular formula is C8H8O10. The molecule has 0 aliphatic carbocycles. The number of carboxylic acid groups (broad SMARTS) is 2. The number of carbonyl (C=O) groups excluding carboxylic acids is 2. The van der Waals surface area contributed by atoms with Crippen LogP contribution >= 0.6 is 0 Å². The first-order valence-electron chi connectivity index (χ1n) is 4.48. The summed E-state index contributed by atoms with van der Waals surface area (Å²) in [6.45, 7) is 0. The molecule has 1 aliphatic heterocycles. The number of hydrogen-bond acceptors (Lipinski definition) is 8. The van der Waals surface area contributed by atoms with Gasteiger partial charge in [0, 0.05) is 0 Å². The second-order valence-corrected chi connectivity index (χ2v) is 3.28. The average molecular weight is 264 g/mol. The van der Waals surface area contributed by atoms with Crippen LogP contribution in [0.2, 0.25) is 0 Å². The molecule has 4 atom stereocenters. The fourth-order valence-corrected chi connectivity index (χ4v) is 1.13. The third-order valence-electron chi connectivity index (χ3n) is 2.03. The van der Waals surface area contributed by atoms with E-state index in [-0.39, 0.29) is 0 Å². The zero-order chi connectivity index (χ0) is 14.0. The summed E-state index contributed by atoms with van der Waals surface area (Å²) in [7, 11) is 0. The minimum Gasteiger partial charge on any atom is -0.479 e. The van der Waals surface area contributed by atoms with Gasteiger partial charge in [-0.25, -0.2) is 19.2 Å². The predicted molar refractivity (Wildman–Crippen MR) is 47.0 cm³/mol. The Morgan fingerprint density at radius 2 is 1.17 bits per heavy atom. The number of esters is 2. The van der Waals surface area contributed by atoms with E-state index in [0.717, 1.165) is 0 Å². The van der Waals surface area contributed by atoms with E-state index in [2.05, 4.69) is 9.47 Å². The summed E-state index contributed by atoms with van der Waals surface area (Å²) in [5.41, 5.74) is 0. The molecule has 1 aliphatic rings. The quantitative estimate of drug-likeness (QED) is 0.377. The fraction of sp³-hybridized carbons (Fsp3) is 0.500. The highest BCUT2D eigenvalue weighted by Gasteiger charge is 2.48. The molecule has 1 rings (SSSR count). The van der Waals surface area contributed by atoms with Gasteiger partial charge >= 0.3 is 23.9 Å². The summed E-state index contributed by atoms with van der Waals surface area (Å²) in [6.07, 6.45) is -8.90. The number of cyclic esters (lactones) is 2. The Kier molecular flexibility index (Phi) is 3.83. The van der Waals surface area contributed by atoms with Gasteiger partial charge in [-0.15, -0.1) is 0 Å². The summed E-state index contributed by atoms with van der Waals surface area (Å²) in [5, 5.41) is 34.9. The SMILES string of the molecule is O=C1O[C@@H]([C@@H](O)C(=O)O)C(=O)O[C@H]1[C@@H](O)C(=O)O. The Hall–Kier alpha value is -2.20. The molecule has 0 aromatic carbocycles. The van der Waals surface area contributed by atoms with E-state index in [4.69, 9.17) is 20.4 Å². The third kappa shape index (κ3) is 2.55. The Morgan fingerprint density at radius 1 is 0.889 bits per heavy atom. The van der Waals surface area contributed by atoms with Gasteiger partial charge in [0.15, 0.2) is 12.2 Å². The van der Waals surface area contributed by atoms with Crippen molar-refractivity contribution in [2.45, 2.75) is 24.4 Å². The molecule has 10 nitrogen and oxygen atoms in total. The van der Waals surface area contributed by atoms with E-state index < -0.39 is 48.3 Å². The van der Waals surface area contributed by atoms with E-state index in [1.165, 1.54) is 0 Å². The van der Waals surface area contributed by atoms with Crippen LogP contribution in [0, 0.1) is 0 Å². The second-order valence-electron chi connectivity index (χ2n) is 3.28. The molecule has 0 aromatic heterocycles. The minimum atomic E-state index is -2.34. The summed E-state index contributed by atoms with van der Waals surface area (Å²) < 4.78 is 8.48. The maximum Gasteiger partial charge on any atom is 0.351 e. The lowest BCUT2D eigenvalue weighted by Crippen LogP contribution is -2.56. The first-order valence-corrected chi connectivity index (χ1v) is 4.48. The monoisotopic (exact) mass is 264 g/mol. The highest BCUT2D eigenvalue weighted by atomic mass is 16.7. The van der Waals surface area contributed by atoms with E-state index in [1.54, 1.807) is 0 Å². The van der Waals surface area contributed by atoms with Gasteiger partial charge < -0.3 is 29.9 Å². The van der Waals surface area contributed by atoms with Crippen LogP contribution in [0.5, 0.6) is 0 Å². The Bertz CT molecular complexity index is 363. The molecule has 1 heterocycles. The van der Waals surface area contributed by atoms with Crippen LogP contribution in [0.3, 0.4) is 0 Å². The molecule has 0 amide bonds. The van der Waals surface area contributed by atoms with Crippen molar-refractivity contribution in [2.75, 3.05) is 0 Å². The van der Waals surface area contributed by atoms with Gasteiger partial charge in [-0.1, -0.05) is 0 Å². The lowest BCUT2D eigenvalue weighted by Gasteiger charge is -2.29. The first-order chi connectivity index (χ1) is 8.25. The molecular weight excluding hydrogens is 256 g/mol. The van der Waals surface area contributed by atoms with Crippen molar-refractivity contribution in [1.82, 2.24) is 0 Å². The van der Waals surface area contributed by atoms with Crippen LogP contribution in [-0.4, -0.2) is 68.7 Å². The maximum absolute atomic E-state index is 11.2. The fourth-order valence-electron chi connectivity index (χ4n) is 1.13. The van der Waals surface area contributed by atoms with Crippen molar-refractivity contribution in [3.05, 3.63) is 0 Å². The number of carboxylic acids is 2. The van der Waals surface area contributed by atoms with Gasteiger partial charge in [-0.3, -0.25) is 0 Å². The largest absolute Gasteiger partial charge is 0.479 e. The summed E-state index contributed by atoms with van der Waals surface area (Å²) >= 11 is 0. The molecule has 0 saturated carbocycles. The van der Waals surface area contributed by atoms with Crippen LogP contribution < -0.4 is 0 Å². The van der Waals surface area contributed by atoms with Crippen molar-refractivity contribution >= 4 is 23.9 Å². The van der Waals surface area contributed by atoms with Crippen molar-refractivity contribution in [3.63, 3.8) is 0 Å². The number of rotatable bonds is 4. The second kappa shape index (κ2) is 4.98. The molecule has 0 radical (unpaired) electrons. The van der Waals surface area contributed by atoms with E-state index >= 15 is 0 Å². The van der Waals surface area contributed by atoms with Gasteiger partial charge in [0.1, 0.15) is 0 Å². The standard InChI is InChI=1S/C8H8O10/c9-1(5(11)12)3-7(15)18-4(8(16)17-3)2(10)6(13)14/h1-4,9-10H,(H,11,12)(H,13,14)/t1-,2-,3+,4+/m1/s1. The number of carbonyl (C=O) groups is 4. The number of hydrogen-bond donors (Lipinski definition) is 4. The first kappa shape index (κ1) is 13.9. The molecule has 18 heavy (non-hydrogen) atoms. The van der Waals surface area contributed by atoms with Crippen molar-refractivity contribution in [3.8, 4) is 0 Å². The van der Waals surface area contributed by atoms with E-state index in [1.807, 2.05) is 0 Å². The van der Waals surface area contributed by atoms with Crippen LogP contribution in [0.1, 0.15) is 0 Å². The smallest absolute Gasteiger partial charge is 0.351 e. The van der Waals surface area contributed by atoms with Gasteiger partial charge in [-0.05, 0) is 0 Å². The topological polar surface area (TPSA) is 168 Å². The van der Waals surface area contributed by atoms with Crippen LogP contribution in [0.4, 0.5) is 0 Å². The zero-order valence-corrected chi connectivity index (χ0v) is 8.55. The number of ether oxygens (including phenoxy) is 2. The molecule has 0 aromatic rings. The maximum atomic E-state index is 11.2. The molecule has 0 bridgehead atoms. The van der Waals surface area contributed by atoms with Crippen molar-refractivity contribution in [2.24, 2.45) is 0 Å². The Balaban J connectivity index is 2.83. The summed E-state index contributed by atoms with van der Waals surface area (Å²) in [5.74, 6) is -6.59. The van der Waals surface area contributed by atoms with Gasteiger partial charge in [0.2, 0.25) is 12.2 Å². The van der Waals surface area contributed by atoms with Crippen LogP contribution in [0.15, 0.2) is 0 Å². The molecule has 4 N–H and O–H groups in total. The predicted octanol–water partition coefficient (Wildman–Crippen LogP) is -3.29. The molecule has 1 fully saturated rings. The zero-order valence-electron chi connectivity index (χ0n) is 8.55.